The predicted molar refractivity (Wildman–Crippen MR) is 115 cm³/mol. The van der Waals surface area contributed by atoms with Crippen molar-refractivity contribution in [2.24, 2.45) is 5.92 Å². The number of amides is 1. The SMILES string of the molecule is COc1cc(OC)cc(-n2nc(C(=O)N3CCCC(C)C3)c3ccccc3c2=O)c1. The first-order valence-electron chi connectivity index (χ1n) is 10.1. The van der Waals surface area contributed by atoms with E-state index in [1.54, 1.807) is 50.6 Å². The van der Waals surface area contributed by atoms with Crippen LogP contribution in [0, 0.1) is 5.92 Å². The van der Waals surface area contributed by atoms with Crippen molar-refractivity contribution < 1.29 is 14.3 Å². The van der Waals surface area contributed by atoms with Gasteiger partial charge in [0, 0.05) is 36.7 Å². The summed E-state index contributed by atoms with van der Waals surface area (Å²) in [7, 11) is 3.09. The fraction of sp³-hybridized carbons (Fsp3) is 0.348. The van der Waals surface area contributed by atoms with E-state index in [9.17, 15) is 9.59 Å². The number of hydrogen-bond acceptors (Lipinski definition) is 5. The van der Waals surface area contributed by atoms with Crippen molar-refractivity contribution in [2.75, 3.05) is 27.3 Å². The molecule has 1 fully saturated rings. The van der Waals surface area contributed by atoms with E-state index in [1.165, 1.54) is 4.68 Å². The first kappa shape index (κ1) is 19.9. The normalized spacial score (nSPS) is 16.5. The summed E-state index contributed by atoms with van der Waals surface area (Å²) in [5, 5.41) is 5.54. The number of likely N-dealkylation sites (tertiary alicyclic amines) is 1. The van der Waals surface area contributed by atoms with Gasteiger partial charge in [-0.1, -0.05) is 25.1 Å². The molecule has 0 aliphatic carbocycles. The van der Waals surface area contributed by atoms with Crippen LogP contribution in [0.25, 0.3) is 16.5 Å². The molecule has 7 heteroatoms. The van der Waals surface area contributed by atoms with E-state index >= 15 is 0 Å². The second kappa shape index (κ2) is 8.18. The summed E-state index contributed by atoms with van der Waals surface area (Å²) in [6.07, 6.45) is 2.08. The van der Waals surface area contributed by atoms with Crippen LogP contribution in [0.5, 0.6) is 11.5 Å². The number of hydrogen-bond donors (Lipinski definition) is 0. The molecule has 1 amide bonds. The Bertz CT molecular complexity index is 1130. The molecule has 4 rings (SSSR count). The van der Waals surface area contributed by atoms with E-state index in [0.717, 1.165) is 12.8 Å². The number of piperidine rings is 1. The van der Waals surface area contributed by atoms with Crippen LogP contribution in [0.4, 0.5) is 0 Å². The van der Waals surface area contributed by atoms with Crippen molar-refractivity contribution in [1.29, 1.82) is 0 Å². The van der Waals surface area contributed by atoms with Gasteiger partial charge in [-0.2, -0.15) is 9.78 Å². The largest absolute Gasteiger partial charge is 0.497 e. The summed E-state index contributed by atoms with van der Waals surface area (Å²) in [6, 6.07) is 12.2. The van der Waals surface area contributed by atoms with Crippen LogP contribution in [-0.2, 0) is 0 Å². The zero-order valence-corrected chi connectivity index (χ0v) is 17.4. The van der Waals surface area contributed by atoms with E-state index in [4.69, 9.17) is 9.47 Å². The molecule has 7 nitrogen and oxygen atoms in total. The average molecular weight is 407 g/mol. The Balaban J connectivity index is 1.91. The smallest absolute Gasteiger partial charge is 0.279 e. The van der Waals surface area contributed by atoms with Crippen molar-refractivity contribution in [2.45, 2.75) is 19.8 Å². The first-order valence-corrected chi connectivity index (χ1v) is 10.1. The van der Waals surface area contributed by atoms with E-state index in [0.29, 0.717) is 47.0 Å². The van der Waals surface area contributed by atoms with Crippen molar-refractivity contribution in [3.63, 3.8) is 0 Å². The van der Waals surface area contributed by atoms with Crippen LogP contribution in [0.1, 0.15) is 30.3 Å². The molecule has 30 heavy (non-hydrogen) atoms. The fourth-order valence-electron chi connectivity index (χ4n) is 3.96. The van der Waals surface area contributed by atoms with Crippen molar-refractivity contribution >= 4 is 16.7 Å². The maximum absolute atomic E-state index is 13.4. The third-order valence-electron chi connectivity index (χ3n) is 5.53. The lowest BCUT2D eigenvalue weighted by Crippen LogP contribution is -2.40. The summed E-state index contributed by atoms with van der Waals surface area (Å²) in [5.41, 5.74) is 0.452. The topological polar surface area (TPSA) is 73.7 Å². The summed E-state index contributed by atoms with van der Waals surface area (Å²) in [5.74, 6) is 1.36. The van der Waals surface area contributed by atoms with Crippen LogP contribution < -0.4 is 15.0 Å². The third-order valence-corrected chi connectivity index (χ3v) is 5.53. The maximum atomic E-state index is 13.4. The predicted octanol–water partition coefficient (Wildman–Crippen LogP) is 3.28. The molecule has 156 valence electrons. The van der Waals surface area contributed by atoms with Gasteiger partial charge in [0.2, 0.25) is 0 Å². The molecular formula is C23H25N3O4. The monoisotopic (exact) mass is 407 g/mol. The number of rotatable bonds is 4. The van der Waals surface area contributed by atoms with Gasteiger partial charge in [0.1, 0.15) is 11.5 Å². The highest BCUT2D eigenvalue weighted by atomic mass is 16.5. The average Bonchev–Trinajstić information content (AvgIpc) is 2.78. The van der Waals surface area contributed by atoms with Crippen LogP contribution in [-0.4, -0.2) is 47.9 Å². The molecule has 3 aromatic rings. The highest BCUT2D eigenvalue weighted by molar-refractivity contribution is 6.04. The Morgan fingerprint density at radius 2 is 1.73 bits per heavy atom. The molecule has 0 N–H and O–H groups in total. The molecule has 1 aromatic heterocycles. The fourth-order valence-corrected chi connectivity index (χ4v) is 3.96. The van der Waals surface area contributed by atoms with Gasteiger partial charge in [0.25, 0.3) is 11.5 Å². The molecular weight excluding hydrogens is 382 g/mol. The van der Waals surface area contributed by atoms with E-state index in [-0.39, 0.29) is 17.2 Å². The Morgan fingerprint density at radius 1 is 1.07 bits per heavy atom. The number of carbonyl (C=O) groups is 1. The molecule has 1 aliphatic rings. The lowest BCUT2D eigenvalue weighted by Gasteiger charge is -2.31. The van der Waals surface area contributed by atoms with Crippen LogP contribution >= 0.6 is 0 Å². The van der Waals surface area contributed by atoms with Gasteiger partial charge in [0.05, 0.1) is 25.3 Å². The Kier molecular flexibility index (Phi) is 5.44. The number of benzene rings is 2. The zero-order valence-electron chi connectivity index (χ0n) is 17.4. The second-order valence-electron chi connectivity index (χ2n) is 7.68. The summed E-state index contributed by atoms with van der Waals surface area (Å²) in [6.45, 7) is 3.54. The molecule has 0 spiro atoms. The van der Waals surface area contributed by atoms with Crippen molar-refractivity contribution in [1.82, 2.24) is 14.7 Å². The van der Waals surface area contributed by atoms with Gasteiger partial charge >= 0.3 is 0 Å². The number of aromatic nitrogens is 2. The number of fused-ring (bicyclic) bond motifs is 1. The molecule has 1 atom stereocenters. The second-order valence-corrected chi connectivity index (χ2v) is 7.68. The number of carbonyl (C=O) groups excluding carboxylic acids is 1. The Hall–Kier alpha value is -3.35. The standard InChI is InChI=1S/C23H25N3O4/c1-15-7-6-10-25(14-15)23(28)21-19-8-4-5-9-20(19)22(27)26(24-21)16-11-17(29-2)13-18(12-16)30-3/h4-5,8-9,11-13,15H,6-7,10,14H2,1-3H3. The van der Waals surface area contributed by atoms with Crippen LogP contribution in [0.15, 0.2) is 47.3 Å². The molecule has 1 aliphatic heterocycles. The summed E-state index contributed by atoms with van der Waals surface area (Å²) in [4.78, 5) is 28.5. The van der Waals surface area contributed by atoms with Gasteiger partial charge in [-0.05, 0) is 24.8 Å². The van der Waals surface area contributed by atoms with Crippen LogP contribution in [0.2, 0.25) is 0 Å². The molecule has 2 aromatic carbocycles. The third kappa shape index (κ3) is 3.63. The van der Waals surface area contributed by atoms with Gasteiger partial charge in [-0.3, -0.25) is 9.59 Å². The van der Waals surface area contributed by atoms with Gasteiger partial charge in [-0.15, -0.1) is 0 Å². The summed E-state index contributed by atoms with van der Waals surface area (Å²) >= 11 is 0. The minimum atomic E-state index is -0.301. The molecule has 2 heterocycles. The Labute approximate surface area is 174 Å². The lowest BCUT2D eigenvalue weighted by molar-refractivity contribution is 0.0677. The lowest BCUT2D eigenvalue weighted by atomic mass is 9.99. The van der Waals surface area contributed by atoms with E-state index in [1.807, 2.05) is 11.0 Å². The molecule has 0 radical (unpaired) electrons. The minimum Gasteiger partial charge on any atom is -0.497 e. The van der Waals surface area contributed by atoms with Crippen molar-refractivity contribution in [3.8, 4) is 17.2 Å². The zero-order chi connectivity index (χ0) is 21.3. The maximum Gasteiger partial charge on any atom is 0.279 e. The van der Waals surface area contributed by atoms with Gasteiger partial charge in [-0.25, -0.2) is 0 Å². The molecule has 1 saturated heterocycles. The molecule has 0 saturated carbocycles. The Morgan fingerprint density at radius 3 is 2.37 bits per heavy atom. The molecule has 0 bridgehead atoms. The number of ether oxygens (including phenoxy) is 2. The number of methoxy groups -OCH3 is 2. The highest BCUT2D eigenvalue weighted by Crippen LogP contribution is 2.26. The van der Waals surface area contributed by atoms with Crippen molar-refractivity contribution in [3.05, 3.63) is 58.5 Å². The summed E-state index contributed by atoms with van der Waals surface area (Å²) < 4.78 is 11.9. The quantitative estimate of drug-likeness (QED) is 0.664. The first-order chi connectivity index (χ1) is 14.5. The number of nitrogens with zero attached hydrogens (tertiary/aromatic N) is 3. The van der Waals surface area contributed by atoms with E-state index in [2.05, 4.69) is 12.0 Å². The van der Waals surface area contributed by atoms with Gasteiger partial charge in [0.15, 0.2) is 5.69 Å². The van der Waals surface area contributed by atoms with Gasteiger partial charge < -0.3 is 14.4 Å². The van der Waals surface area contributed by atoms with E-state index < -0.39 is 0 Å². The van der Waals surface area contributed by atoms with Crippen LogP contribution in [0.3, 0.4) is 0 Å². The highest BCUT2D eigenvalue weighted by Gasteiger charge is 2.26. The minimum absolute atomic E-state index is 0.152. The molecule has 1 unspecified atom stereocenters.